The molecule has 0 heterocycles. The third-order valence-electron chi connectivity index (χ3n) is 4.62. The molecule has 0 saturated heterocycles. The number of nitrogens with one attached hydrogen (secondary N) is 2. The van der Waals surface area contributed by atoms with Gasteiger partial charge in [-0.15, -0.1) is 0 Å². The van der Waals surface area contributed by atoms with Crippen molar-refractivity contribution in [1.29, 1.82) is 0 Å². The van der Waals surface area contributed by atoms with Gasteiger partial charge < -0.3 is 20.5 Å². The summed E-state index contributed by atoms with van der Waals surface area (Å²) in [5.74, 6) is 1.39. The average Bonchev–Trinajstić information content (AvgIpc) is 2.70. The van der Waals surface area contributed by atoms with E-state index < -0.39 is 4.92 Å². The van der Waals surface area contributed by atoms with Crippen LogP contribution < -0.4 is 10.6 Å². The average molecular weight is 378 g/mol. The van der Waals surface area contributed by atoms with Crippen LogP contribution in [0.25, 0.3) is 0 Å². The Hall–Kier alpha value is -2.19. The summed E-state index contributed by atoms with van der Waals surface area (Å²) in [7, 11) is 0. The van der Waals surface area contributed by atoms with Gasteiger partial charge in [0.1, 0.15) is 0 Å². The number of aliphatic hydroxyl groups excluding tert-OH is 1. The Balaban J connectivity index is 1.87. The number of rotatable bonds is 10. The van der Waals surface area contributed by atoms with E-state index in [1.54, 1.807) is 12.1 Å². The van der Waals surface area contributed by atoms with E-state index in [0.29, 0.717) is 38.2 Å². The lowest BCUT2D eigenvalue weighted by Crippen LogP contribution is -2.41. The zero-order valence-corrected chi connectivity index (χ0v) is 15.7. The van der Waals surface area contributed by atoms with Crippen LogP contribution in [0.15, 0.2) is 29.3 Å². The molecule has 0 amide bonds. The molecular formula is C19H30N4O4. The van der Waals surface area contributed by atoms with Gasteiger partial charge in [-0.2, -0.15) is 0 Å². The van der Waals surface area contributed by atoms with Crippen LogP contribution in [0.3, 0.4) is 0 Å². The first-order chi connectivity index (χ1) is 13.2. The van der Waals surface area contributed by atoms with Crippen molar-refractivity contribution < 1.29 is 14.8 Å². The highest BCUT2D eigenvalue weighted by molar-refractivity contribution is 5.79. The molecule has 0 bridgehead atoms. The molecule has 0 aliphatic heterocycles. The van der Waals surface area contributed by atoms with Crippen molar-refractivity contribution in [3.63, 3.8) is 0 Å². The van der Waals surface area contributed by atoms with E-state index in [9.17, 15) is 10.1 Å². The van der Waals surface area contributed by atoms with Gasteiger partial charge in [0.05, 0.1) is 31.3 Å². The third-order valence-corrected chi connectivity index (χ3v) is 4.62. The van der Waals surface area contributed by atoms with Gasteiger partial charge in [0.2, 0.25) is 0 Å². The molecule has 1 saturated carbocycles. The normalized spacial score (nSPS) is 15.5. The second-order valence-corrected chi connectivity index (χ2v) is 6.74. The second-order valence-electron chi connectivity index (χ2n) is 6.74. The largest absolute Gasteiger partial charge is 0.394 e. The van der Waals surface area contributed by atoms with Gasteiger partial charge in [-0.25, -0.2) is 4.99 Å². The van der Waals surface area contributed by atoms with Gasteiger partial charge in [-0.3, -0.25) is 10.1 Å². The Morgan fingerprint density at radius 3 is 2.59 bits per heavy atom. The number of aliphatic hydroxyl groups is 1. The zero-order valence-electron chi connectivity index (χ0n) is 15.7. The summed E-state index contributed by atoms with van der Waals surface area (Å²) in [5, 5.41) is 26.1. The molecule has 0 aromatic heterocycles. The Morgan fingerprint density at radius 1 is 1.19 bits per heavy atom. The maximum Gasteiger partial charge on any atom is 0.269 e. The van der Waals surface area contributed by atoms with Gasteiger partial charge in [0.25, 0.3) is 5.69 Å². The smallest absolute Gasteiger partial charge is 0.269 e. The standard InChI is InChI=1S/C19H30N4O4/c24-11-13-27-12-10-20-19(21-14-16-4-2-1-3-5-16)22-15-17-6-8-18(9-7-17)23(25)26/h6-9,16,24H,1-5,10-15H2,(H2,20,21,22). The fourth-order valence-electron chi connectivity index (χ4n) is 3.11. The lowest BCUT2D eigenvalue weighted by atomic mass is 9.89. The number of nitro groups is 1. The molecule has 3 N–H and O–H groups in total. The third kappa shape index (κ3) is 8.36. The molecule has 27 heavy (non-hydrogen) atoms. The molecule has 1 aromatic carbocycles. The molecule has 0 atom stereocenters. The van der Waals surface area contributed by atoms with E-state index in [1.807, 2.05) is 0 Å². The maximum atomic E-state index is 10.7. The number of aliphatic imine (C=N–C) groups is 1. The number of benzene rings is 1. The summed E-state index contributed by atoms with van der Waals surface area (Å²) in [6, 6.07) is 6.45. The van der Waals surface area contributed by atoms with Crippen molar-refractivity contribution in [2.24, 2.45) is 10.9 Å². The van der Waals surface area contributed by atoms with Crippen LogP contribution >= 0.6 is 0 Å². The lowest BCUT2D eigenvalue weighted by Gasteiger charge is -2.23. The van der Waals surface area contributed by atoms with Gasteiger partial charge in [0, 0.05) is 25.2 Å². The van der Waals surface area contributed by atoms with E-state index in [2.05, 4.69) is 15.6 Å². The van der Waals surface area contributed by atoms with E-state index in [0.717, 1.165) is 12.1 Å². The summed E-state index contributed by atoms with van der Waals surface area (Å²) in [6.07, 6.45) is 6.43. The fourth-order valence-corrected chi connectivity index (χ4v) is 3.11. The Labute approximate surface area is 160 Å². The van der Waals surface area contributed by atoms with Crippen LogP contribution in [0.4, 0.5) is 5.69 Å². The van der Waals surface area contributed by atoms with Crippen molar-refractivity contribution in [2.45, 2.75) is 38.6 Å². The monoisotopic (exact) mass is 378 g/mol. The van der Waals surface area contributed by atoms with Gasteiger partial charge in [-0.1, -0.05) is 31.4 Å². The number of non-ortho nitro benzene ring substituents is 1. The minimum Gasteiger partial charge on any atom is -0.394 e. The maximum absolute atomic E-state index is 10.7. The number of hydrogen-bond acceptors (Lipinski definition) is 5. The van der Waals surface area contributed by atoms with Gasteiger partial charge >= 0.3 is 0 Å². The van der Waals surface area contributed by atoms with E-state index in [4.69, 9.17) is 9.84 Å². The summed E-state index contributed by atoms with van der Waals surface area (Å²) in [5.41, 5.74) is 0.994. The van der Waals surface area contributed by atoms with Crippen LogP contribution in [-0.2, 0) is 11.3 Å². The first kappa shape index (κ1) is 21.1. The second kappa shape index (κ2) is 12.2. The van der Waals surface area contributed by atoms with Crippen molar-refractivity contribution in [3.05, 3.63) is 39.9 Å². The fraction of sp³-hybridized carbons (Fsp3) is 0.632. The number of nitrogens with zero attached hydrogens (tertiary/aromatic N) is 2. The molecule has 0 spiro atoms. The molecule has 8 heteroatoms. The molecule has 1 fully saturated rings. The van der Waals surface area contributed by atoms with Crippen LogP contribution in [0.5, 0.6) is 0 Å². The van der Waals surface area contributed by atoms with E-state index in [-0.39, 0.29) is 12.3 Å². The summed E-state index contributed by atoms with van der Waals surface area (Å²) in [4.78, 5) is 14.9. The Morgan fingerprint density at radius 2 is 1.93 bits per heavy atom. The van der Waals surface area contributed by atoms with Crippen molar-refractivity contribution in [3.8, 4) is 0 Å². The predicted molar refractivity (Wildman–Crippen MR) is 105 cm³/mol. The van der Waals surface area contributed by atoms with Crippen LogP contribution in [0, 0.1) is 16.0 Å². The number of nitro benzene ring substituents is 1. The minimum atomic E-state index is -0.405. The highest BCUT2D eigenvalue weighted by atomic mass is 16.6. The number of ether oxygens (including phenoxy) is 1. The van der Waals surface area contributed by atoms with Crippen molar-refractivity contribution in [1.82, 2.24) is 10.6 Å². The molecule has 2 rings (SSSR count). The predicted octanol–water partition coefficient (Wildman–Crippen LogP) is 2.22. The first-order valence-corrected chi connectivity index (χ1v) is 9.63. The molecule has 1 aliphatic rings. The minimum absolute atomic E-state index is 0.0149. The molecule has 1 aromatic rings. The molecule has 1 aliphatic carbocycles. The quantitative estimate of drug-likeness (QED) is 0.189. The van der Waals surface area contributed by atoms with E-state index >= 15 is 0 Å². The topological polar surface area (TPSA) is 109 Å². The highest BCUT2D eigenvalue weighted by Crippen LogP contribution is 2.22. The zero-order chi connectivity index (χ0) is 19.3. The van der Waals surface area contributed by atoms with Crippen molar-refractivity contribution in [2.75, 3.05) is 32.9 Å². The summed E-state index contributed by atoms with van der Waals surface area (Å²) >= 11 is 0. The van der Waals surface area contributed by atoms with Crippen LogP contribution in [0.2, 0.25) is 0 Å². The summed E-state index contributed by atoms with van der Waals surface area (Å²) in [6.45, 7) is 2.76. The number of guanidine groups is 1. The van der Waals surface area contributed by atoms with Gasteiger partial charge in [-0.05, 0) is 24.3 Å². The lowest BCUT2D eigenvalue weighted by molar-refractivity contribution is -0.384. The summed E-state index contributed by atoms with van der Waals surface area (Å²) < 4.78 is 5.27. The SMILES string of the molecule is O=[N+]([O-])c1ccc(CN=C(NCCOCCO)NCC2CCCCC2)cc1. The molecule has 0 unspecified atom stereocenters. The van der Waals surface area contributed by atoms with E-state index in [1.165, 1.54) is 44.2 Å². The molecular weight excluding hydrogens is 348 g/mol. The Bertz CT molecular complexity index is 586. The first-order valence-electron chi connectivity index (χ1n) is 9.63. The van der Waals surface area contributed by atoms with Crippen LogP contribution in [-0.4, -0.2) is 48.9 Å². The Kier molecular flexibility index (Phi) is 9.57. The molecule has 150 valence electrons. The highest BCUT2D eigenvalue weighted by Gasteiger charge is 2.13. The molecule has 8 nitrogen and oxygen atoms in total. The van der Waals surface area contributed by atoms with Gasteiger partial charge in [0.15, 0.2) is 5.96 Å². The van der Waals surface area contributed by atoms with Crippen LogP contribution in [0.1, 0.15) is 37.7 Å². The molecule has 0 radical (unpaired) electrons. The number of hydrogen-bond donors (Lipinski definition) is 3. The van der Waals surface area contributed by atoms with Crippen molar-refractivity contribution >= 4 is 11.6 Å².